The number of amides is 2. The summed E-state index contributed by atoms with van der Waals surface area (Å²) in [5.41, 5.74) is 3.70. The summed E-state index contributed by atoms with van der Waals surface area (Å²) in [7, 11) is 1.96. The average Bonchev–Trinajstić information content (AvgIpc) is 2.82. The molecule has 0 atom stereocenters. The Morgan fingerprint density at radius 2 is 1.40 bits per heavy atom. The van der Waals surface area contributed by atoms with E-state index in [1.165, 1.54) is 16.0 Å². The number of fused-ring (bicyclic) bond motifs is 1. The Hall–Kier alpha value is -2.46. The fraction of sp³-hybridized carbons (Fsp3) is 0.333. The van der Waals surface area contributed by atoms with Gasteiger partial charge in [-0.25, -0.2) is 0 Å². The Morgan fingerprint density at radius 3 is 1.80 bits per heavy atom. The van der Waals surface area contributed by atoms with E-state index in [0.29, 0.717) is 11.1 Å². The highest BCUT2D eigenvalue weighted by molar-refractivity contribution is 6.21. The van der Waals surface area contributed by atoms with Crippen molar-refractivity contribution in [3.05, 3.63) is 70.8 Å². The molecule has 0 saturated heterocycles. The molecule has 1 aliphatic heterocycles. The monoisotopic (exact) mass is 340 g/mol. The molecule has 0 fully saturated rings. The van der Waals surface area contributed by atoms with Crippen molar-refractivity contribution in [1.82, 2.24) is 10.2 Å². The lowest BCUT2D eigenvalue weighted by Gasteiger charge is -2.17. The molecule has 0 unspecified atom stereocenters. The molecule has 0 aromatic heterocycles. The van der Waals surface area contributed by atoms with Crippen LogP contribution in [0.4, 0.5) is 0 Å². The average molecular weight is 340 g/mol. The van der Waals surface area contributed by atoms with Gasteiger partial charge >= 0.3 is 0 Å². The number of benzene rings is 2. The molecule has 1 heterocycles. The minimum atomic E-state index is -0.180. The molecule has 134 valence electrons. The molecule has 1 aliphatic rings. The van der Waals surface area contributed by atoms with Gasteiger partial charge in [0.2, 0.25) is 0 Å². The second-order valence-corrected chi connectivity index (χ2v) is 6.14. The fourth-order valence-electron chi connectivity index (χ4n) is 2.59. The summed E-state index contributed by atoms with van der Waals surface area (Å²) in [6, 6.07) is 15.4. The number of nitrogens with one attached hydrogen (secondary N) is 1. The Kier molecular flexibility index (Phi) is 7.52. The zero-order chi connectivity index (χ0) is 17.7. The molecule has 0 radical (unpaired) electrons. The van der Waals surface area contributed by atoms with E-state index in [0.717, 1.165) is 6.54 Å². The molecular weight excluding hydrogens is 312 g/mol. The maximum Gasteiger partial charge on any atom is 0.261 e. The highest BCUT2D eigenvalue weighted by Crippen LogP contribution is 2.23. The van der Waals surface area contributed by atoms with Gasteiger partial charge in [0.1, 0.15) is 0 Å². The Labute approximate surface area is 150 Å². The van der Waals surface area contributed by atoms with E-state index < -0.39 is 0 Å². The van der Waals surface area contributed by atoms with Gasteiger partial charge in [-0.2, -0.15) is 0 Å². The van der Waals surface area contributed by atoms with Crippen LogP contribution in [0.2, 0.25) is 0 Å². The molecule has 0 saturated carbocycles. The third-order valence-electron chi connectivity index (χ3n) is 3.84. The molecule has 3 rings (SSSR count). The number of hydrogen-bond acceptors (Lipinski definition) is 3. The molecule has 0 bridgehead atoms. The van der Waals surface area contributed by atoms with Crippen LogP contribution in [0.3, 0.4) is 0 Å². The van der Waals surface area contributed by atoms with Crippen molar-refractivity contribution >= 4 is 11.8 Å². The standard InChI is InChI=1S/C11H11NO2.C9H13N.CH4/c1-7(2)12-10(13)8-5-3-4-6-9(8)11(12)14;1-8-3-5-9(6-4-8)7-10-2;/h3-7H,1-2H3;3-6,10H,7H2,1-2H3;1H4. The minimum Gasteiger partial charge on any atom is -0.316 e. The highest BCUT2D eigenvalue weighted by Gasteiger charge is 2.36. The van der Waals surface area contributed by atoms with Crippen LogP contribution in [-0.2, 0) is 6.54 Å². The smallest absolute Gasteiger partial charge is 0.261 e. The lowest BCUT2D eigenvalue weighted by molar-refractivity contribution is 0.0609. The van der Waals surface area contributed by atoms with Gasteiger partial charge in [0.15, 0.2) is 0 Å². The number of carbonyl (C=O) groups excluding carboxylic acids is 2. The van der Waals surface area contributed by atoms with Crippen LogP contribution in [0.15, 0.2) is 48.5 Å². The summed E-state index contributed by atoms with van der Waals surface area (Å²) in [6.07, 6.45) is 0. The zero-order valence-corrected chi connectivity index (χ0v) is 14.7. The van der Waals surface area contributed by atoms with Gasteiger partial charge in [-0.15, -0.1) is 0 Å². The third kappa shape index (κ3) is 4.77. The van der Waals surface area contributed by atoms with Crippen molar-refractivity contribution < 1.29 is 9.59 Å². The lowest BCUT2D eigenvalue weighted by atomic mass is 10.1. The Bertz CT molecular complexity index is 686. The van der Waals surface area contributed by atoms with Crippen molar-refractivity contribution in [2.45, 2.75) is 40.8 Å². The van der Waals surface area contributed by atoms with Gasteiger partial charge in [-0.3, -0.25) is 14.5 Å². The predicted octanol–water partition coefficient (Wildman–Crippen LogP) is 4.04. The van der Waals surface area contributed by atoms with Crippen molar-refractivity contribution in [2.24, 2.45) is 0 Å². The summed E-state index contributed by atoms with van der Waals surface area (Å²) >= 11 is 0. The van der Waals surface area contributed by atoms with E-state index in [2.05, 4.69) is 36.5 Å². The number of imide groups is 1. The predicted molar refractivity (Wildman–Crippen MR) is 103 cm³/mol. The maximum atomic E-state index is 11.8. The normalized spacial score (nSPS) is 12.4. The van der Waals surface area contributed by atoms with Crippen LogP contribution >= 0.6 is 0 Å². The van der Waals surface area contributed by atoms with E-state index in [9.17, 15) is 9.59 Å². The first-order valence-corrected chi connectivity index (χ1v) is 8.12. The van der Waals surface area contributed by atoms with Gasteiger partial charge in [-0.1, -0.05) is 49.4 Å². The molecule has 2 aromatic rings. The summed E-state index contributed by atoms with van der Waals surface area (Å²) in [4.78, 5) is 24.8. The minimum absolute atomic E-state index is 0. The van der Waals surface area contributed by atoms with Gasteiger partial charge in [0.25, 0.3) is 11.8 Å². The quantitative estimate of drug-likeness (QED) is 0.858. The zero-order valence-electron chi connectivity index (χ0n) is 14.7. The fourth-order valence-corrected chi connectivity index (χ4v) is 2.59. The van der Waals surface area contributed by atoms with Crippen LogP contribution in [0, 0.1) is 6.92 Å². The van der Waals surface area contributed by atoms with Crippen molar-refractivity contribution in [2.75, 3.05) is 7.05 Å². The summed E-state index contributed by atoms with van der Waals surface area (Å²) in [6.45, 7) is 6.73. The van der Waals surface area contributed by atoms with Crippen molar-refractivity contribution in [3.8, 4) is 0 Å². The largest absolute Gasteiger partial charge is 0.316 e. The van der Waals surface area contributed by atoms with Crippen LogP contribution in [0.5, 0.6) is 0 Å². The van der Waals surface area contributed by atoms with Gasteiger partial charge < -0.3 is 5.32 Å². The SMILES string of the molecule is C.CC(C)N1C(=O)c2ccccc2C1=O.CNCc1ccc(C)cc1. The number of rotatable bonds is 3. The number of nitrogens with zero attached hydrogens (tertiary/aromatic N) is 1. The van der Waals surface area contributed by atoms with Crippen molar-refractivity contribution in [1.29, 1.82) is 0 Å². The topological polar surface area (TPSA) is 49.4 Å². The first kappa shape index (κ1) is 20.6. The second kappa shape index (κ2) is 9.14. The van der Waals surface area contributed by atoms with E-state index in [-0.39, 0.29) is 25.3 Å². The molecule has 4 heteroatoms. The van der Waals surface area contributed by atoms with Crippen LogP contribution in [-0.4, -0.2) is 29.8 Å². The molecule has 0 spiro atoms. The first-order valence-electron chi connectivity index (χ1n) is 8.12. The Morgan fingerprint density at radius 1 is 0.920 bits per heavy atom. The van der Waals surface area contributed by atoms with Crippen LogP contribution in [0.1, 0.15) is 53.1 Å². The van der Waals surface area contributed by atoms with Gasteiger partial charge in [0, 0.05) is 12.6 Å². The van der Waals surface area contributed by atoms with Crippen LogP contribution < -0.4 is 5.32 Å². The number of carbonyl (C=O) groups is 2. The van der Waals surface area contributed by atoms with E-state index >= 15 is 0 Å². The van der Waals surface area contributed by atoms with Gasteiger partial charge in [-0.05, 0) is 45.5 Å². The highest BCUT2D eigenvalue weighted by atomic mass is 16.2. The van der Waals surface area contributed by atoms with E-state index in [1.54, 1.807) is 24.3 Å². The molecule has 4 nitrogen and oxygen atoms in total. The molecule has 25 heavy (non-hydrogen) atoms. The molecular formula is C21H28N2O2. The summed E-state index contributed by atoms with van der Waals surface area (Å²) in [5.74, 6) is -0.360. The molecule has 0 aliphatic carbocycles. The second-order valence-electron chi connectivity index (χ2n) is 6.14. The lowest BCUT2D eigenvalue weighted by Crippen LogP contribution is -2.35. The Balaban J connectivity index is 0.000000254. The van der Waals surface area contributed by atoms with Gasteiger partial charge in [0.05, 0.1) is 11.1 Å². The molecule has 2 amide bonds. The van der Waals surface area contributed by atoms with Crippen LogP contribution in [0.25, 0.3) is 0 Å². The van der Waals surface area contributed by atoms with Crippen molar-refractivity contribution in [3.63, 3.8) is 0 Å². The summed E-state index contributed by atoms with van der Waals surface area (Å²) in [5, 5.41) is 3.10. The summed E-state index contributed by atoms with van der Waals surface area (Å²) < 4.78 is 0. The first-order chi connectivity index (χ1) is 11.5. The third-order valence-corrected chi connectivity index (χ3v) is 3.84. The van der Waals surface area contributed by atoms with E-state index in [1.807, 2.05) is 20.9 Å². The van der Waals surface area contributed by atoms with E-state index in [4.69, 9.17) is 0 Å². The molecule has 2 aromatic carbocycles. The molecule has 1 N–H and O–H groups in total. The maximum absolute atomic E-state index is 11.8. The number of aryl methyl sites for hydroxylation is 1. The number of hydrogen-bond donors (Lipinski definition) is 1.